The summed E-state index contributed by atoms with van der Waals surface area (Å²) in [7, 11) is 1.26. The molecular formula is C34H36O14. The molecule has 2 saturated heterocycles. The van der Waals surface area contributed by atoms with E-state index in [4.69, 9.17) is 33.2 Å². The zero-order chi connectivity index (χ0) is 34.2. The van der Waals surface area contributed by atoms with E-state index in [2.05, 4.69) is 0 Å². The molecule has 0 radical (unpaired) electrons. The molecule has 3 aromatic rings. The minimum atomic E-state index is -1.75. The van der Waals surface area contributed by atoms with Crippen LogP contribution in [0.15, 0.2) is 91.0 Å². The molecule has 2 aliphatic rings. The van der Waals surface area contributed by atoms with E-state index >= 15 is 0 Å². The Labute approximate surface area is 275 Å². The molecule has 14 nitrogen and oxygen atoms in total. The minimum Gasteiger partial charge on any atom is -0.452 e. The SMILES string of the molecule is CO[C@H]1O[C@H](CO[C@H]2O[C@H](CO)[C@@H](O)[C@H](O)[C@@H]2O)[C@@H](OC(=O)c2ccccc2)[C@H](OC(=O)c2ccccc2)[C@@H]1OC(=O)c1ccccc1. The molecule has 0 bridgehead atoms. The van der Waals surface area contributed by atoms with E-state index in [1.54, 1.807) is 54.6 Å². The zero-order valence-electron chi connectivity index (χ0n) is 25.7. The molecule has 0 aromatic heterocycles. The van der Waals surface area contributed by atoms with Gasteiger partial charge in [0.05, 0.1) is 29.9 Å². The fourth-order valence-electron chi connectivity index (χ4n) is 5.30. The summed E-state index contributed by atoms with van der Waals surface area (Å²) >= 11 is 0. The minimum absolute atomic E-state index is 0.144. The van der Waals surface area contributed by atoms with Crippen molar-refractivity contribution in [2.45, 2.75) is 61.4 Å². The maximum atomic E-state index is 13.5. The molecule has 0 saturated carbocycles. The Hall–Kier alpha value is -4.25. The molecule has 10 atom stereocenters. The maximum absolute atomic E-state index is 13.5. The smallest absolute Gasteiger partial charge is 0.338 e. The molecule has 0 aliphatic carbocycles. The van der Waals surface area contributed by atoms with Gasteiger partial charge in [-0.15, -0.1) is 0 Å². The van der Waals surface area contributed by atoms with E-state index in [1.807, 2.05) is 0 Å². The standard InChI is InChI=1S/C34H36O14/c1-42-34-29(48-32(41)21-15-9-4-10-16-21)28(47-31(40)20-13-7-3-8-14-20)27(46-30(39)19-11-5-2-6-12-19)23(45-34)18-43-33-26(38)25(37)24(36)22(17-35)44-33/h2-16,22-29,33-38H,17-18H2,1H3/t22-,23-,24-,25+,26+,27-,28+,29+,33+,34+/m1/s1. The van der Waals surface area contributed by atoms with Crippen LogP contribution in [-0.2, 0) is 33.2 Å². The number of benzene rings is 3. The summed E-state index contributed by atoms with van der Waals surface area (Å²) in [6.07, 6.45) is -15.2. The van der Waals surface area contributed by atoms with Crippen molar-refractivity contribution in [2.75, 3.05) is 20.3 Å². The largest absolute Gasteiger partial charge is 0.452 e. The Morgan fingerprint density at radius 3 is 1.48 bits per heavy atom. The highest BCUT2D eigenvalue weighted by atomic mass is 16.7. The van der Waals surface area contributed by atoms with Crippen molar-refractivity contribution in [1.29, 1.82) is 0 Å². The van der Waals surface area contributed by atoms with Crippen molar-refractivity contribution in [3.05, 3.63) is 108 Å². The van der Waals surface area contributed by atoms with E-state index in [-0.39, 0.29) is 16.7 Å². The lowest BCUT2D eigenvalue weighted by Crippen LogP contribution is -2.64. The zero-order valence-corrected chi connectivity index (χ0v) is 25.7. The van der Waals surface area contributed by atoms with Gasteiger partial charge in [0.2, 0.25) is 0 Å². The highest BCUT2D eigenvalue weighted by molar-refractivity contribution is 5.91. The van der Waals surface area contributed by atoms with Gasteiger partial charge in [0, 0.05) is 7.11 Å². The number of aliphatic hydroxyl groups is 4. The number of methoxy groups -OCH3 is 1. The quantitative estimate of drug-likeness (QED) is 0.166. The van der Waals surface area contributed by atoms with Crippen LogP contribution < -0.4 is 0 Å². The Morgan fingerprint density at radius 1 is 0.583 bits per heavy atom. The van der Waals surface area contributed by atoms with Crippen molar-refractivity contribution in [1.82, 2.24) is 0 Å². The molecule has 256 valence electrons. The topological polar surface area (TPSA) is 197 Å². The molecule has 2 aliphatic heterocycles. The number of hydrogen-bond donors (Lipinski definition) is 4. The monoisotopic (exact) mass is 668 g/mol. The number of ether oxygens (including phenoxy) is 7. The normalized spacial score (nSPS) is 30.2. The van der Waals surface area contributed by atoms with E-state index in [0.717, 1.165) is 0 Å². The molecule has 48 heavy (non-hydrogen) atoms. The second-order valence-electron chi connectivity index (χ2n) is 11.0. The Balaban J connectivity index is 1.49. The van der Waals surface area contributed by atoms with Crippen molar-refractivity contribution < 1.29 is 68.0 Å². The van der Waals surface area contributed by atoms with Crippen molar-refractivity contribution in [3.8, 4) is 0 Å². The van der Waals surface area contributed by atoms with Crippen LogP contribution >= 0.6 is 0 Å². The first kappa shape index (κ1) is 35.1. The van der Waals surface area contributed by atoms with Gasteiger partial charge in [0.25, 0.3) is 0 Å². The van der Waals surface area contributed by atoms with Gasteiger partial charge in [0.15, 0.2) is 30.9 Å². The maximum Gasteiger partial charge on any atom is 0.338 e. The van der Waals surface area contributed by atoms with Gasteiger partial charge in [-0.3, -0.25) is 0 Å². The van der Waals surface area contributed by atoms with Gasteiger partial charge >= 0.3 is 17.9 Å². The Bertz CT molecular complexity index is 1490. The first-order valence-electron chi connectivity index (χ1n) is 15.1. The summed E-state index contributed by atoms with van der Waals surface area (Å²) in [6, 6.07) is 23.9. The molecule has 0 spiro atoms. The summed E-state index contributed by atoms with van der Waals surface area (Å²) in [4.78, 5) is 40.2. The molecule has 14 heteroatoms. The van der Waals surface area contributed by atoms with E-state index < -0.39 is 92.5 Å². The van der Waals surface area contributed by atoms with Crippen LogP contribution in [0.1, 0.15) is 31.1 Å². The van der Waals surface area contributed by atoms with Crippen molar-refractivity contribution >= 4 is 17.9 Å². The lowest BCUT2D eigenvalue weighted by atomic mass is 9.97. The molecule has 4 N–H and O–H groups in total. The molecule has 0 unspecified atom stereocenters. The van der Waals surface area contributed by atoms with Gasteiger partial charge < -0.3 is 53.6 Å². The summed E-state index contributed by atoms with van der Waals surface area (Å²) in [6.45, 7) is -1.23. The number of rotatable bonds is 11. The van der Waals surface area contributed by atoms with E-state index in [1.165, 1.54) is 43.5 Å². The van der Waals surface area contributed by atoms with E-state index in [9.17, 15) is 34.8 Å². The number of carbonyl (C=O) groups is 3. The average Bonchev–Trinajstić information content (AvgIpc) is 3.13. The Kier molecular flexibility index (Phi) is 11.9. The predicted molar refractivity (Wildman–Crippen MR) is 162 cm³/mol. The lowest BCUT2D eigenvalue weighted by molar-refractivity contribution is -0.327. The van der Waals surface area contributed by atoms with Crippen molar-refractivity contribution in [3.63, 3.8) is 0 Å². The van der Waals surface area contributed by atoms with Crippen LogP contribution in [0.5, 0.6) is 0 Å². The van der Waals surface area contributed by atoms with Crippen LogP contribution in [0.3, 0.4) is 0 Å². The molecule has 5 rings (SSSR count). The second-order valence-corrected chi connectivity index (χ2v) is 11.0. The number of aliphatic hydroxyl groups excluding tert-OH is 4. The highest BCUT2D eigenvalue weighted by Gasteiger charge is 2.54. The van der Waals surface area contributed by atoms with E-state index in [0.29, 0.717) is 0 Å². The average molecular weight is 669 g/mol. The van der Waals surface area contributed by atoms with Crippen LogP contribution in [-0.4, -0.2) is 120 Å². The third kappa shape index (κ3) is 8.06. The predicted octanol–water partition coefficient (Wildman–Crippen LogP) is 0.851. The summed E-state index contributed by atoms with van der Waals surface area (Å²) < 4.78 is 40.4. The van der Waals surface area contributed by atoms with Crippen molar-refractivity contribution in [2.24, 2.45) is 0 Å². The van der Waals surface area contributed by atoms with Crippen LogP contribution in [0, 0.1) is 0 Å². The second kappa shape index (κ2) is 16.2. The van der Waals surface area contributed by atoms with Gasteiger partial charge in [-0.05, 0) is 36.4 Å². The van der Waals surface area contributed by atoms with Crippen LogP contribution in [0.25, 0.3) is 0 Å². The first-order valence-corrected chi connectivity index (χ1v) is 15.1. The number of carbonyl (C=O) groups excluding carboxylic acids is 3. The number of hydrogen-bond acceptors (Lipinski definition) is 14. The fourth-order valence-corrected chi connectivity index (χ4v) is 5.30. The van der Waals surface area contributed by atoms with Gasteiger partial charge in [-0.1, -0.05) is 54.6 Å². The lowest BCUT2D eigenvalue weighted by Gasteiger charge is -2.45. The molecule has 2 heterocycles. The summed E-state index contributed by atoms with van der Waals surface area (Å²) in [5.41, 5.74) is 0.464. The molecule has 2 fully saturated rings. The molecule has 0 amide bonds. The summed E-state index contributed by atoms with van der Waals surface area (Å²) in [5.74, 6) is -2.49. The van der Waals surface area contributed by atoms with Gasteiger partial charge in [0.1, 0.15) is 30.5 Å². The third-order valence-corrected chi connectivity index (χ3v) is 7.85. The Morgan fingerprint density at radius 2 is 1.02 bits per heavy atom. The van der Waals surface area contributed by atoms with Gasteiger partial charge in [-0.25, -0.2) is 14.4 Å². The number of esters is 3. The summed E-state index contributed by atoms with van der Waals surface area (Å²) in [5, 5.41) is 40.5. The third-order valence-electron chi connectivity index (χ3n) is 7.85. The highest BCUT2D eigenvalue weighted by Crippen LogP contribution is 2.32. The van der Waals surface area contributed by atoms with Gasteiger partial charge in [-0.2, -0.15) is 0 Å². The fraction of sp³-hybridized carbons (Fsp3) is 0.382. The van der Waals surface area contributed by atoms with Crippen LogP contribution in [0.4, 0.5) is 0 Å². The first-order chi connectivity index (χ1) is 23.2. The van der Waals surface area contributed by atoms with Crippen LogP contribution in [0.2, 0.25) is 0 Å². The molecule has 3 aromatic carbocycles. The molecular weight excluding hydrogens is 632 g/mol.